The average Bonchev–Trinajstić information content (AvgIpc) is 2.48. The number of alkyl halides is 3. The van der Waals surface area contributed by atoms with E-state index in [0.29, 0.717) is 12.5 Å². The van der Waals surface area contributed by atoms with Crippen LogP contribution in [0, 0.1) is 5.92 Å². The molecule has 1 aliphatic rings. The van der Waals surface area contributed by atoms with Crippen molar-refractivity contribution >= 4 is 5.82 Å². The Morgan fingerprint density at radius 3 is 2.68 bits per heavy atom. The van der Waals surface area contributed by atoms with E-state index in [1.54, 1.807) is 6.07 Å². The molecule has 1 aromatic rings. The minimum absolute atomic E-state index is 0.107. The largest absolute Gasteiger partial charge is 0.433 e. The van der Waals surface area contributed by atoms with Gasteiger partial charge in [0.15, 0.2) is 0 Å². The van der Waals surface area contributed by atoms with Gasteiger partial charge in [0.25, 0.3) is 0 Å². The van der Waals surface area contributed by atoms with Crippen molar-refractivity contribution in [2.75, 3.05) is 11.9 Å². The fourth-order valence-corrected chi connectivity index (χ4v) is 2.98. The van der Waals surface area contributed by atoms with Gasteiger partial charge in [-0.25, -0.2) is 4.98 Å². The van der Waals surface area contributed by atoms with Gasteiger partial charge in [0.05, 0.1) is 6.10 Å². The van der Waals surface area contributed by atoms with Gasteiger partial charge in [-0.2, -0.15) is 13.2 Å². The minimum Gasteiger partial charge on any atom is -0.378 e. The van der Waals surface area contributed by atoms with Gasteiger partial charge >= 0.3 is 6.18 Å². The Morgan fingerprint density at radius 2 is 2.05 bits per heavy atom. The molecule has 0 saturated carbocycles. The molecule has 2 rings (SSSR count). The van der Waals surface area contributed by atoms with Gasteiger partial charge in [-0.15, -0.1) is 0 Å². The molecule has 1 N–H and O–H groups in total. The summed E-state index contributed by atoms with van der Waals surface area (Å²) in [5.41, 5.74) is -0.860. The molecule has 2 atom stereocenters. The van der Waals surface area contributed by atoms with E-state index in [1.165, 1.54) is 6.07 Å². The molecule has 0 bridgehead atoms. The summed E-state index contributed by atoms with van der Waals surface area (Å²) in [7, 11) is 0. The van der Waals surface area contributed by atoms with Crippen molar-refractivity contribution in [3.8, 4) is 0 Å². The highest BCUT2D eigenvalue weighted by atomic mass is 19.4. The first-order valence-electron chi connectivity index (χ1n) is 7.86. The number of pyridine rings is 1. The Hall–Kier alpha value is -1.30. The molecule has 1 aliphatic heterocycles. The zero-order valence-corrected chi connectivity index (χ0v) is 13.0. The molecule has 1 aromatic heterocycles. The van der Waals surface area contributed by atoms with E-state index in [-0.39, 0.29) is 18.0 Å². The molecular formula is C16H23F3N2O. The van der Waals surface area contributed by atoms with Crippen molar-refractivity contribution in [1.29, 1.82) is 0 Å². The fraction of sp³-hybridized carbons (Fsp3) is 0.688. The summed E-state index contributed by atoms with van der Waals surface area (Å²) in [6.07, 6.45) is -0.539. The molecule has 6 heteroatoms. The summed E-state index contributed by atoms with van der Waals surface area (Å²) >= 11 is 0. The summed E-state index contributed by atoms with van der Waals surface area (Å²) < 4.78 is 43.9. The molecule has 22 heavy (non-hydrogen) atoms. The summed E-state index contributed by atoms with van der Waals surface area (Å²) in [6.45, 7) is 4.92. The number of nitrogens with one attached hydrogen (secondary N) is 1. The van der Waals surface area contributed by atoms with Crippen molar-refractivity contribution in [2.45, 2.75) is 57.9 Å². The van der Waals surface area contributed by atoms with E-state index in [0.717, 1.165) is 31.7 Å². The lowest BCUT2D eigenvalue weighted by Crippen LogP contribution is -2.38. The Kier molecular flexibility index (Phi) is 5.67. The summed E-state index contributed by atoms with van der Waals surface area (Å²) in [5, 5.41) is 3.14. The van der Waals surface area contributed by atoms with Crippen molar-refractivity contribution in [2.24, 2.45) is 5.92 Å². The smallest absolute Gasteiger partial charge is 0.378 e. The molecular weight excluding hydrogens is 293 g/mol. The Labute approximate surface area is 129 Å². The quantitative estimate of drug-likeness (QED) is 0.868. The third-order valence-electron chi connectivity index (χ3n) is 4.28. The van der Waals surface area contributed by atoms with Gasteiger partial charge in [-0.3, -0.25) is 0 Å². The second kappa shape index (κ2) is 7.31. The molecule has 0 spiro atoms. The van der Waals surface area contributed by atoms with Crippen LogP contribution < -0.4 is 5.32 Å². The highest BCUT2D eigenvalue weighted by Gasteiger charge is 2.33. The lowest BCUT2D eigenvalue weighted by Gasteiger charge is -2.34. The molecule has 0 aromatic carbocycles. The first-order valence-corrected chi connectivity index (χ1v) is 7.86. The molecule has 1 fully saturated rings. The number of hydrogen-bond donors (Lipinski definition) is 1. The van der Waals surface area contributed by atoms with Crippen LogP contribution in [0.25, 0.3) is 0 Å². The first-order chi connectivity index (χ1) is 10.4. The molecule has 2 heterocycles. The van der Waals surface area contributed by atoms with Crippen LogP contribution in [-0.4, -0.2) is 23.7 Å². The lowest BCUT2D eigenvalue weighted by molar-refractivity contribution is -0.141. The number of aromatic nitrogens is 1. The van der Waals surface area contributed by atoms with Crippen LogP contribution in [0.4, 0.5) is 19.0 Å². The van der Waals surface area contributed by atoms with Crippen LogP contribution >= 0.6 is 0 Å². The summed E-state index contributed by atoms with van der Waals surface area (Å²) in [4.78, 5) is 3.67. The van der Waals surface area contributed by atoms with Crippen LogP contribution in [0.15, 0.2) is 18.2 Å². The van der Waals surface area contributed by atoms with E-state index in [9.17, 15) is 13.2 Å². The maximum absolute atomic E-state index is 12.7. The van der Waals surface area contributed by atoms with Gasteiger partial charge in [0, 0.05) is 12.6 Å². The SMILES string of the molecule is CCC(CC)C1CC(Nc2cccc(C(F)(F)F)n2)CCO1. The van der Waals surface area contributed by atoms with Gasteiger partial charge in [0.1, 0.15) is 11.5 Å². The standard InChI is InChI=1S/C16H23F3N2O/c1-3-11(4-2)13-10-12(8-9-22-13)20-15-7-5-6-14(21-15)16(17,18)19/h5-7,11-13H,3-4,8-10H2,1-2H3,(H,20,21). The molecule has 3 nitrogen and oxygen atoms in total. The van der Waals surface area contributed by atoms with Gasteiger partial charge in [0.2, 0.25) is 0 Å². The predicted molar refractivity (Wildman–Crippen MR) is 79.7 cm³/mol. The molecule has 0 aliphatic carbocycles. The monoisotopic (exact) mass is 316 g/mol. The molecule has 2 unspecified atom stereocenters. The third kappa shape index (κ3) is 4.35. The number of halogens is 3. The number of anilines is 1. The number of nitrogens with zero attached hydrogens (tertiary/aromatic N) is 1. The second-order valence-electron chi connectivity index (χ2n) is 5.76. The van der Waals surface area contributed by atoms with Crippen LogP contribution in [0.1, 0.15) is 45.2 Å². The lowest BCUT2D eigenvalue weighted by atomic mass is 9.89. The minimum atomic E-state index is -4.41. The highest BCUT2D eigenvalue weighted by molar-refractivity contribution is 5.37. The highest BCUT2D eigenvalue weighted by Crippen LogP contribution is 2.30. The molecule has 124 valence electrons. The van der Waals surface area contributed by atoms with E-state index in [4.69, 9.17) is 4.74 Å². The van der Waals surface area contributed by atoms with Crippen molar-refractivity contribution in [3.63, 3.8) is 0 Å². The first kappa shape index (κ1) is 17.1. The van der Waals surface area contributed by atoms with E-state index < -0.39 is 11.9 Å². The molecule has 0 amide bonds. The van der Waals surface area contributed by atoms with Crippen LogP contribution in [0.3, 0.4) is 0 Å². The maximum Gasteiger partial charge on any atom is 0.433 e. The van der Waals surface area contributed by atoms with Gasteiger partial charge < -0.3 is 10.1 Å². The van der Waals surface area contributed by atoms with E-state index in [2.05, 4.69) is 24.1 Å². The molecule has 0 radical (unpaired) electrons. The van der Waals surface area contributed by atoms with E-state index >= 15 is 0 Å². The van der Waals surface area contributed by atoms with Crippen molar-refractivity contribution < 1.29 is 17.9 Å². The maximum atomic E-state index is 12.7. The fourth-order valence-electron chi connectivity index (χ4n) is 2.98. The molecule has 1 saturated heterocycles. The van der Waals surface area contributed by atoms with Gasteiger partial charge in [-0.05, 0) is 30.9 Å². The van der Waals surface area contributed by atoms with Crippen LogP contribution in [0.5, 0.6) is 0 Å². The number of hydrogen-bond acceptors (Lipinski definition) is 3. The predicted octanol–water partition coefficient (Wildman–Crippen LogP) is 4.50. The topological polar surface area (TPSA) is 34.2 Å². The van der Waals surface area contributed by atoms with Crippen molar-refractivity contribution in [1.82, 2.24) is 4.98 Å². The van der Waals surface area contributed by atoms with E-state index in [1.807, 2.05) is 0 Å². The second-order valence-corrected chi connectivity index (χ2v) is 5.76. The third-order valence-corrected chi connectivity index (χ3v) is 4.28. The van der Waals surface area contributed by atoms with Crippen molar-refractivity contribution in [3.05, 3.63) is 23.9 Å². The van der Waals surface area contributed by atoms with Crippen LogP contribution in [0.2, 0.25) is 0 Å². The average molecular weight is 316 g/mol. The van der Waals surface area contributed by atoms with Crippen LogP contribution in [-0.2, 0) is 10.9 Å². The zero-order chi connectivity index (χ0) is 16.2. The Bertz CT molecular complexity index is 475. The van der Waals surface area contributed by atoms with Gasteiger partial charge in [-0.1, -0.05) is 32.8 Å². The summed E-state index contributed by atoms with van der Waals surface area (Å²) in [6, 6.07) is 4.06. The zero-order valence-electron chi connectivity index (χ0n) is 13.0. The summed E-state index contributed by atoms with van der Waals surface area (Å²) in [5.74, 6) is 0.782. The Balaban J connectivity index is 2.01. The Morgan fingerprint density at radius 1 is 1.32 bits per heavy atom. The number of ether oxygens (including phenoxy) is 1. The number of rotatable bonds is 5. The normalized spacial score (nSPS) is 22.8.